The van der Waals surface area contributed by atoms with Gasteiger partial charge < -0.3 is 15.5 Å². The second-order valence-corrected chi connectivity index (χ2v) is 5.36. The van der Waals surface area contributed by atoms with E-state index in [0.29, 0.717) is 12.6 Å². The summed E-state index contributed by atoms with van der Waals surface area (Å²) in [7, 11) is 4.01. The van der Waals surface area contributed by atoms with E-state index < -0.39 is 0 Å². The Balaban J connectivity index is 1.97. The van der Waals surface area contributed by atoms with E-state index in [0.717, 1.165) is 24.2 Å². The molecule has 1 aromatic carbocycles. The molecule has 1 aliphatic heterocycles. The Labute approximate surface area is 115 Å². The van der Waals surface area contributed by atoms with Crippen LogP contribution in [0, 0.1) is 0 Å². The highest BCUT2D eigenvalue weighted by molar-refractivity contribution is 5.94. The quantitative estimate of drug-likeness (QED) is 0.889. The molecule has 4 heteroatoms. The Kier molecular flexibility index (Phi) is 4.56. The number of carbonyl (C=O) groups excluding carboxylic acids is 1. The SMILES string of the molecule is CN(CC1CCCN1C)C(=O)c1ccc(CN)cc1. The number of nitrogens with zero attached hydrogens (tertiary/aromatic N) is 2. The first-order chi connectivity index (χ1) is 9.11. The Morgan fingerprint density at radius 1 is 1.42 bits per heavy atom. The molecule has 1 aliphatic rings. The highest BCUT2D eigenvalue weighted by Gasteiger charge is 2.24. The van der Waals surface area contributed by atoms with E-state index in [-0.39, 0.29) is 5.91 Å². The number of nitrogens with two attached hydrogens (primary N) is 1. The van der Waals surface area contributed by atoms with Crippen LogP contribution in [-0.2, 0) is 6.54 Å². The van der Waals surface area contributed by atoms with Gasteiger partial charge in [0.15, 0.2) is 0 Å². The van der Waals surface area contributed by atoms with Crippen LogP contribution in [0.2, 0.25) is 0 Å². The summed E-state index contributed by atoms with van der Waals surface area (Å²) >= 11 is 0. The van der Waals surface area contributed by atoms with Crippen LogP contribution in [0.3, 0.4) is 0 Å². The molecule has 1 unspecified atom stereocenters. The molecule has 104 valence electrons. The van der Waals surface area contributed by atoms with Crippen LogP contribution in [0.4, 0.5) is 0 Å². The van der Waals surface area contributed by atoms with Crippen LogP contribution in [-0.4, -0.2) is 48.9 Å². The highest BCUT2D eigenvalue weighted by Crippen LogP contribution is 2.16. The second-order valence-electron chi connectivity index (χ2n) is 5.36. The van der Waals surface area contributed by atoms with E-state index in [1.807, 2.05) is 36.2 Å². The molecule has 0 radical (unpaired) electrons. The monoisotopic (exact) mass is 261 g/mol. The Bertz CT molecular complexity index is 430. The van der Waals surface area contributed by atoms with E-state index in [9.17, 15) is 4.79 Å². The maximum absolute atomic E-state index is 12.3. The Morgan fingerprint density at radius 2 is 2.11 bits per heavy atom. The maximum Gasteiger partial charge on any atom is 0.253 e. The standard InChI is InChI=1S/C15H23N3O/c1-17-9-3-4-14(17)11-18(2)15(19)13-7-5-12(10-16)6-8-13/h5-8,14H,3-4,9-11,16H2,1-2H3. The number of amides is 1. The van der Waals surface area contributed by atoms with E-state index in [2.05, 4.69) is 11.9 Å². The molecular weight excluding hydrogens is 238 g/mol. The van der Waals surface area contributed by atoms with Gasteiger partial charge >= 0.3 is 0 Å². The lowest BCUT2D eigenvalue weighted by Gasteiger charge is -2.26. The number of hydrogen-bond donors (Lipinski definition) is 1. The Hall–Kier alpha value is -1.39. The third-order valence-corrected chi connectivity index (χ3v) is 3.94. The fourth-order valence-electron chi connectivity index (χ4n) is 2.61. The van der Waals surface area contributed by atoms with Crippen LogP contribution < -0.4 is 5.73 Å². The molecule has 1 aromatic rings. The molecule has 0 aliphatic carbocycles. The van der Waals surface area contributed by atoms with Crippen molar-refractivity contribution in [1.29, 1.82) is 0 Å². The van der Waals surface area contributed by atoms with Crippen molar-refractivity contribution in [3.8, 4) is 0 Å². The molecule has 2 rings (SSSR count). The minimum absolute atomic E-state index is 0.0869. The first-order valence-electron chi connectivity index (χ1n) is 6.86. The lowest BCUT2D eigenvalue weighted by atomic mass is 10.1. The summed E-state index contributed by atoms with van der Waals surface area (Å²) in [5.41, 5.74) is 7.35. The smallest absolute Gasteiger partial charge is 0.253 e. The average Bonchev–Trinajstić information content (AvgIpc) is 2.83. The molecule has 0 saturated carbocycles. The van der Waals surface area contributed by atoms with Gasteiger partial charge in [0.1, 0.15) is 0 Å². The molecular formula is C15H23N3O. The van der Waals surface area contributed by atoms with Gasteiger partial charge in [-0.1, -0.05) is 12.1 Å². The number of likely N-dealkylation sites (tertiary alicyclic amines) is 1. The predicted molar refractivity (Wildman–Crippen MR) is 76.9 cm³/mol. The summed E-state index contributed by atoms with van der Waals surface area (Å²) in [6.45, 7) is 2.45. The van der Waals surface area contributed by atoms with Crippen LogP contribution in [0.1, 0.15) is 28.8 Å². The summed E-state index contributed by atoms with van der Waals surface area (Å²) in [4.78, 5) is 16.5. The van der Waals surface area contributed by atoms with Gasteiger partial charge in [-0.3, -0.25) is 4.79 Å². The number of hydrogen-bond acceptors (Lipinski definition) is 3. The minimum Gasteiger partial charge on any atom is -0.340 e. The van der Waals surface area contributed by atoms with Gasteiger partial charge in [-0.05, 0) is 44.1 Å². The second kappa shape index (κ2) is 6.17. The number of likely N-dealkylation sites (N-methyl/N-ethyl adjacent to an activating group) is 2. The van der Waals surface area contributed by atoms with Crippen molar-refractivity contribution in [3.63, 3.8) is 0 Å². The molecule has 0 spiro atoms. The summed E-state index contributed by atoms with van der Waals surface area (Å²) in [6, 6.07) is 8.06. The van der Waals surface area contributed by atoms with Gasteiger partial charge in [-0.2, -0.15) is 0 Å². The average molecular weight is 261 g/mol. The largest absolute Gasteiger partial charge is 0.340 e. The van der Waals surface area contributed by atoms with Crippen molar-refractivity contribution >= 4 is 5.91 Å². The molecule has 1 atom stereocenters. The Morgan fingerprint density at radius 3 is 2.63 bits per heavy atom. The fraction of sp³-hybridized carbons (Fsp3) is 0.533. The topological polar surface area (TPSA) is 49.6 Å². The van der Waals surface area contributed by atoms with Crippen LogP contribution in [0.25, 0.3) is 0 Å². The van der Waals surface area contributed by atoms with Gasteiger partial charge in [0.05, 0.1) is 0 Å². The van der Waals surface area contributed by atoms with Crippen LogP contribution in [0.5, 0.6) is 0 Å². The molecule has 1 heterocycles. The van der Waals surface area contributed by atoms with Gasteiger partial charge in [0.25, 0.3) is 5.91 Å². The van der Waals surface area contributed by atoms with Gasteiger partial charge in [-0.15, -0.1) is 0 Å². The molecule has 0 aromatic heterocycles. The third-order valence-electron chi connectivity index (χ3n) is 3.94. The first-order valence-corrected chi connectivity index (χ1v) is 6.86. The van der Waals surface area contributed by atoms with Gasteiger partial charge in [-0.25, -0.2) is 0 Å². The lowest BCUT2D eigenvalue weighted by molar-refractivity contribution is 0.0761. The number of carbonyl (C=O) groups is 1. The molecule has 1 fully saturated rings. The van der Waals surface area contributed by atoms with Crippen molar-refractivity contribution in [1.82, 2.24) is 9.80 Å². The minimum atomic E-state index is 0.0869. The van der Waals surface area contributed by atoms with E-state index in [1.165, 1.54) is 12.8 Å². The molecule has 19 heavy (non-hydrogen) atoms. The molecule has 4 nitrogen and oxygen atoms in total. The third kappa shape index (κ3) is 3.33. The predicted octanol–water partition coefficient (Wildman–Crippen LogP) is 1.31. The van der Waals surface area contributed by atoms with Crippen molar-refractivity contribution in [3.05, 3.63) is 35.4 Å². The van der Waals surface area contributed by atoms with Crippen LogP contribution >= 0.6 is 0 Å². The molecule has 1 amide bonds. The van der Waals surface area contributed by atoms with E-state index >= 15 is 0 Å². The van der Waals surface area contributed by atoms with Crippen molar-refractivity contribution < 1.29 is 4.79 Å². The van der Waals surface area contributed by atoms with Crippen LogP contribution in [0.15, 0.2) is 24.3 Å². The maximum atomic E-state index is 12.3. The van der Waals surface area contributed by atoms with Gasteiger partial charge in [0.2, 0.25) is 0 Å². The summed E-state index contributed by atoms with van der Waals surface area (Å²) in [5, 5.41) is 0. The van der Waals surface area contributed by atoms with E-state index in [4.69, 9.17) is 5.73 Å². The number of benzene rings is 1. The van der Waals surface area contributed by atoms with Crippen molar-refractivity contribution in [2.75, 3.05) is 27.2 Å². The summed E-state index contributed by atoms with van der Waals surface area (Å²) in [5.74, 6) is 0.0869. The molecule has 0 bridgehead atoms. The number of rotatable bonds is 4. The summed E-state index contributed by atoms with van der Waals surface area (Å²) < 4.78 is 0. The lowest BCUT2D eigenvalue weighted by Crippen LogP contribution is -2.39. The zero-order valence-corrected chi connectivity index (χ0v) is 11.8. The normalized spacial score (nSPS) is 19.6. The zero-order chi connectivity index (χ0) is 13.8. The molecule has 1 saturated heterocycles. The summed E-state index contributed by atoms with van der Waals surface area (Å²) in [6.07, 6.45) is 2.41. The van der Waals surface area contributed by atoms with E-state index in [1.54, 1.807) is 0 Å². The fourth-order valence-corrected chi connectivity index (χ4v) is 2.61. The van der Waals surface area contributed by atoms with Crippen molar-refractivity contribution in [2.24, 2.45) is 5.73 Å². The zero-order valence-electron chi connectivity index (χ0n) is 11.8. The van der Waals surface area contributed by atoms with Gasteiger partial charge in [0, 0.05) is 31.7 Å². The molecule has 2 N–H and O–H groups in total. The highest BCUT2D eigenvalue weighted by atomic mass is 16.2. The van der Waals surface area contributed by atoms with Crippen molar-refractivity contribution in [2.45, 2.75) is 25.4 Å². The first kappa shape index (κ1) is 14.0.